The quantitative estimate of drug-likeness (QED) is 0.142. The van der Waals surface area contributed by atoms with Gasteiger partial charge in [-0.15, -0.1) is 0 Å². The summed E-state index contributed by atoms with van der Waals surface area (Å²) in [6.07, 6.45) is 0. The molecule has 2 aliphatic rings. The number of hydrogen-bond donors (Lipinski definition) is 0. The number of fused-ring (bicyclic) bond motifs is 10. The molecule has 0 amide bonds. The molecule has 0 atom stereocenters. The molecular weight excluding hydrogens is 1220 g/mol. The lowest BCUT2D eigenvalue weighted by Crippen LogP contribution is -2.61. The minimum Gasteiger partial charge on any atom is -0.310 e. The number of para-hydroxylation sites is 4. The van der Waals surface area contributed by atoms with Crippen LogP contribution in [-0.4, -0.2) is 15.8 Å². The standard InChI is InChI=1S/C95H82BN5/c1-92(2,3)66-45-42-60(43-46-66)65-53-88-90-89(54-65)101(91-75(61-28-15-13-16-29-61)56-69(95(10,11)12)57-76(91)62-30-17-14-18-31-62)87-58-70(98-80-36-23-19-32-71(80)72-33-20-24-37-81(72)98)47-49-79(87)96(90)78-48-44-63(64-50-67(93(4,5)6)55-68(51-64)94(7,8)9)52-86(78)100(88)85-41-27-40-84(77(85)59-97)99-82-38-25-21-34-73(82)74-35-22-26-39-83(74)99/h13-58H,1-12H3/i19D,20D,23D,24D,32D,33D,36D,37D,42D,43D,45D,46D. The Labute approximate surface area is 611 Å². The van der Waals surface area contributed by atoms with Gasteiger partial charge in [-0.3, -0.25) is 0 Å². The van der Waals surface area contributed by atoms with Crippen LogP contribution in [0.2, 0.25) is 0 Å². The lowest BCUT2D eigenvalue weighted by Gasteiger charge is -2.46. The Morgan fingerprint density at radius 3 is 1.34 bits per heavy atom. The molecule has 0 unspecified atom stereocenters. The molecule has 17 rings (SSSR count). The van der Waals surface area contributed by atoms with Crippen molar-refractivity contribution >= 4 is 101 Å². The third kappa shape index (κ3) is 10.4. The van der Waals surface area contributed by atoms with Gasteiger partial charge in [-0.2, -0.15) is 5.26 Å². The van der Waals surface area contributed by atoms with E-state index in [0.29, 0.717) is 56.6 Å². The second kappa shape index (κ2) is 23.4. The fourth-order valence-corrected chi connectivity index (χ4v) is 15.3. The maximum absolute atomic E-state index is 12.5. The summed E-state index contributed by atoms with van der Waals surface area (Å²) in [6.45, 7) is 24.8. The zero-order chi connectivity index (χ0) is 80.0. The molecule has 0 saturated heterocycles. The van der Waals surface area contributed by atoms with E-state index in [9.17, 15) is 19.0 Å². The smallest absolute Gasteiger partial charge is 0.252 e. The van der Waals surface area contributed by atoms with Crippen LogP contribution >= 0.6 is 0 Å². The van der Waals surface area contributed by atoms with Crippen molar-refractivity contribution < 1.29 is 16.4 Å². The Balaban J connectivity index is 1.10. The minimum atomic E-state index is -0.820. The molecule has 0 fully saturated rings. The van der Waals surface area contributed by atoms with Crippen LogP contribution in [0.5, 0.6) is 0 Å². The van der Waals surface area contributed by atoms with Crippen molar-refractivity contribution in [2.24, 2.45) is 0 Å². The summed E-state index contributed by atoms with van der Waals surface area (Å²) in [5.41, 5.74) is 16.2. The largest absolute Gasteiger partial charge is 0.310 e. The predicted octanol–water partition coefficient (Wildman–Crippen LogP) is 23.7. The van der Waals surface area contributed by atoms with Gasteiger partial charge in [0.2, 0.25) is 0 Å². The van der Waals surface area contributed by atoms with E-state index in [0.717, 1.165) is 88.3 Å². The van der Waals surface area contributed by atoms with Gasteiger partial charge in [-0.1, -0.05) is 283 Å². The van der Waals surface area contributed by atoms with Crippen LogP contribution < -0.4 is 26.2 Å². The molecule has 0 saturated carbocycles. The van der Waals surface area contributed by atoms with E-state index in [1.807, 2.05) is 130 Å². The number of rotatable bonds is 8. The van der Waals surface area contributed by atoms with Crippen molar-refractivity contribution in [2.75, 3.05) is 9.80 Å². The topological polar surface area (TPSA) is 40.1 Å². The van der Waals surface area contributed by atoms with Crippen LogP contribution in [0.1, 0.15) is 127 Å². The number of aromatic nitrogens is 2. The highest BCUT2D eigenvalue weighted by atomic mass is 15.2. The van der Waals surface area contributed by atoms with Gasteiger partial charge in [-0.25, -0.2) is 0 Å². The van der Waals surface area contributed by atoms with E-state index < -0.39 is 65.9 Å². The van der Waals surface area contributed by atoms with Crippen LogP contribution in [0.4, 0.5) is 34.1 Å². The van der Waals surface area contributed by atoms with Crippen LogP contribution in [-0.2, 0) is 21.7 Å². The van der Waals surface area contributed by atoms with Crippen LogP contribution in [0, 0.1) is 11.3 Å². The van der Waals surface area contributed by atoms with Crippen molar-refractivity contribution in [3.63, 3.8) is 0 Å². The fraction of sp³-hybridized carbons (Fsp3) is 0.168. The number of hydrogen-bond acceptors (Lipinski definition) is 3. The number of nitrogens with zero attached hydrogens (tertiary/aromatic N) is 5. The molecule has 101 heavy (non-hydrogen) atoms. The molecule has 0 aliphatic carbocycles. The van der Waals surface area contributed by atoms with Crippen molar-refractivity contribution in [3.05, 3.63) is 307 Å². The normalized spacial score (nSPS) is 14.7. The highest BCUT2D eigenvalue weighted by Gasteiger charge is 2.46. The summed E-state index contributed by atoms with van der Waals surface area (Å²) in [4.78, 5) is 4.40. The van der Waals surface area contributed by atoms with Gasteiger partial charge in [0.25, 0.3) is 6.71 Å². The number of nitriles is 1. The Morgan fingerprint density at radius 2 is 0.792 bits per heavy atom. The van der Waals surface area contributed by atoms with E-state index in [-0.39, 0.29) is 67.9 Å². The first kappa shape index (κ1) is 50.9. The van der Waals surface area contributed by atoms with Gasteiger partial charge < -0.3 is 18.9 Å². The van der Waals surface area contributed by atoms with Gasteiger partial charge in [0.05, 0.1) is 55.6 Å². The van der Waals surface area contributed by atoms with E-state index >= 15 is 0 Å². The van der Waals surface area contributed by atoms with E-state index in [2.05, 4.69) is 180 Å². The molecular formula is C95H82BN5. The van der Waals surface area contributed by atoms with Gasteiger partial charge >= 0.3 is 0 Å². The number of anilines is 6. The molecule has 490 valence electrons. The molecule has 13 aromatic carbocycles. The van der Waals surface area contributed by atoms with Gasteiger partial charge in [0, 0.05) is 61.1 Å². The third-order valence-electron chi connectivity index (χ3n) is 20.6. The average Bonchev–Trinajstić information content (AvgIpc) is 1.68. The predicted molar refractivity (Wildman–Crippen MR) is 430 cm³/mol. The highest BCUT2D eigenvalue weighted by Crippen LogP contribution is 2.54. The maximum Gasteiger partial charge on any atom is 0.252 e. The van der Waals surface area contributed by atoms with Crippen LogP contribution in [0.3, 0.4) is 0 Å². The Bertz CT molecular complexity index is 6410. The SMILES string of the molecule is [2H]c1c([2H])c(C(C)(C)C)c([2H])c([2H])c1-c1cc2c3c(c1)N(c1c(-c4ccccc4)cc(C(C)(C)C)cc1-c1ccccc1)c1cc(-n4c5c([2H])c([2H])c([2H])c([2H])c5c5c([2H])c([2H])c([2H])c([2H])c54)ccc1B3c1ccc(-c3cc(C(C)(C)C)cc(C(C)(C)C)c3)cc1N2c1cccc(-n2c3ccccc3c3ccccc32)c1C#N. The first-order valence-corrected chi connectivity index (χ1v) is 34.8. The maximum atomic E-state index is 12.5. The van der Waals surface area contributed by atoms with Gasteiger partial charge in [-0.05, 0) is 172 Å². The van der Waals surface area contributed by atoms with Crippen LogP contribution in [0.25, 0.3) is 99.5 Å². The molecule has 5 nitrogen and oxygen atoms in total. The van der Waals surface area contributed by atoms with Crippen molar-refractivity contribution in [1.82, 2.24) is 9.13 Å². The summed E-state index contributed by atoms with van der Waals surface area (Å²) in [7, 11) is 0. The van der Waals surface area contributed by atoms with E-state index in [4.69, 9.17) is 2.74 Å². The van der Waals surface area contributed by atoms with Gasteiger partial charge in [0.1, 0.15) is 11.6 Å². The molecule has 6 heteroatoms. The number of benzene rings is 13. The summed E-state index contributed by atoms with van der Waals surface area (Å²) >= 11 is 0. The molecule has 4 heterocycles. The molecule has 0 N–H and O–H groups in total. The molecule has 15 aromatic rings. The summed E-state index contributed by atoms with van der Waals surface area (Å²) < 4.78 is 120. The molecule has 0 spiro atoms. The van der Waals surface area contributed by atoms with Crippen molar-refractivity contribution in [1.29, 1.82) is 5.26 Å². The van der Waals surface area contributed by atoms with Crippen molar-refractivity contribution in [2.45, 2.75) is 105 Å². The Hall–Kier alpha value is -11.4. The monoisotopic (exact) mass is 1320 g/mol. The second-order valence-electron chi connectivity index (χ2n) is 31.2. The molecule has 2 aliphatic heterocycles. The lowest BCUT2D eigenvalue weighted by molar-refractivity contribution is 0.569. The summed E-state index contributed by atoms with van der Waals surface area (Å²) in [5.74, 6) is 0. The third-order valence-corrected chi connectivity index (χ3v) is 20.6. The Kier molecular flexibility index (Phi) is 11.8. The lowest BCUT2D eigenvalue weighted by atomic mass is 9.33. The Morgan fingerprint density at radius 1 is 0.327 bits per heavy atom. The highest BCUT2D eigenvalue weighted by molar-refractivity contribution is 7.00. The van der Waals surface area contributed by atoms with Gasteiger partial charge in [0.15, 0.2) is 0 Å². The second-order valence-corrected chi connectivity index (χ2v) is 31.2. The van der Waals surface area contributed by atoms with E-state index in [1.165, 1.54) is 0 Å². The average molecular weight is 1320 g/mol. The fourth-order valence-electron chi connectivity index (χ4n) is 15.3. The summed E-state index contributed by atoms with van der Waals surface area (Å²) in [6, 6.07) is 68.3. The zero-order valence-electron chi connectivity index (χ0n) is 70.9. The summed E-state index contributed by atoms with van der Waals surface area (Å²) in [5, 5.41) is 14.4. The van der Waals surface area contributed by atoms with Crippen molar-refractivity contribution in [3.8, 4) is 62.0 Å². The molecule has 0 radical (unpaired) electrons. The van der Waals surface area contributed by atoms with Crippen LogP contribution in [0.15, 0.2) is 279 Å². The first-order valence-electron chi connectivity index (χ1n) is 40.8. The minimum absolute atomic E-state index is 0.0408. The van der Waals surface area contributed by atoms with E-state index in [1.54, 1.807) is 4.57 Å². The molecule has 2 aromatic heterocycles. The zero-order valence-corrected chi connectivity index (χ0v) is 58.9. The molecule has 0 bridgehead atoms. The first-order chi connectivity index (χ1) is 53.6.